The Morgan fingerprint density at radius 2 is 2.00 bits per heavy atom. The number of rotatable bonds is 3. The molecule has 2 heterocycles. The predicted octanol–water partition coefficient (Wildman–Crippen LogP) is 2.17. The van der Waals surface area contributed by atoms with Gasteiger partial charge in [-0.05, 0) is 42.2 Å². The largest absolute Gasteiger partial charge is 0.343 e. The number of aromatic nitrogens is 3. The first-order valence-electron chi connectivity index (χ1n) is 8.45. The SMILES string of the molecule is O=C(CCn1cncn1)N1CCC2(CCc3ccccc32)CC1. The third-order valence-corrected chi connectivity index (χ3v) is 5.56. The van der Waals surface area contributed by atoms with E-state index in [1.165, 1.54) is 30.3 Å². The number of fused-ring (bicyclic) bond motifs is 2. The Balaban J connectivity index is 1.37. The molecule has 1 aliphatic heterocycles. The summed E-state index contributed by atoms with van der Waals surface area (Å²) in [6, 6.07) is 8.85. The number of carbonyl (C=O) groups excluding carboxylic acids is 1. The van der Waals surface area contributed by atoms with Crippen molar-refractivity contribution >= 4 is 5.91 Å². The second kappa shape index (κ2) is 5.80. The van der Waals surface area contributed by atoms with Gasteiger partial charge in [0.05, 0.1) is 6.54 Å². The van der Waals surface area contributed by atoms with Crippen LogP contribution in [0.25, 0.3) is 0 Å². The second-order valence-corrected chi connectivity index (χ2v) is 6.73. The van der Waals surface area contributed by atoms with Crippen LogP contribution in [0.4, 0.5) is 0 Å². The Morgan fingerprint density at radius 3 is 2.78 bits per heavy atom. The Bertz CT molecular complexity index is 687. The molecule has 1 spiro atoms. The molecule has 2 aromatic rings. The van der Waals surface area contributed by atoms with E-state index < -0.39 is 0 Å². The van der Waals surface area contributed by atoms with Gasteiger partial charge in [0.15, 0.2) is 0 Å². The van der Waals surface area contributed by atoms with E-state index in [2.05, 4.69) is 34.3 Å². The average molecular weight is 310 g/mol. The smallest absolute Gasteiger partial charge is 0.224 e. The van der Waals surface area contributed by atoms with Crippen molar-refractivity contribution in [1.82, 2.24) is 19.7 Å². The summed E-state index contributed by atoms with van der Waals surface area (Å²) >= 11 is 0. The lowest BCUT2D eigenvalue weighted by molar-refractivity contribution is -0.133. The minimum atomic E-state index is 0.238. The van der Waals surface area contributed by atoms with Crippen molar-refractivity contribution in [3.05, 3.63) is 48.0 Å². The zero-order chi connectivity index (χ0) is 15.7. The number of piperidine rings is 1. The summed E-state index contributed by atoms with van der Waals surface area (Å²) in [5.41, 5.74) is 3.37. The third-order valence-electron chi connectivity index (χ3n) is 5.56. The molecule has 4 rings (SSSR count). The van der Waals surface area contributed by atoms with Crippen molar-refractivity contribution in [3.8, 4) is 0 Å². The van der Waals surface area contributed by atoms with Crippen LogP contribution >= 0.6 is 0 Å². The highest BCUT2D eigenvalue weighted by molar-refractivity contribution is 5.76. The minimum absolute atomic E-state index is 0.238. The Labute approximate surface area is 136 Å². The molecule has 5 nitrogen and oxygen atoms in total. The van der Waals surface area contributed by atoms with E-state index in [-0.39, 0.29) is 5.91 Å². The van der Waals surface area contributed by atoms with Gasteiger partial charge in [0.25, 0.3) is 0 Å². The van der Waals surface area contributed by atoms with Crippen molar-refractivity contribution in [2.75, 3.05) is 13.1 Å². The van der Waals surface area contributed by atoms with Gasteiger partial charge in [-0.2, -0.15) is 5.10 Å². The minimum Gasteiger partial charge on any atom is -0.343 e. The number of amides is 1. The van der Waals surface area contributed by atoms with Crippen LogP contribution in [0.3, 0.4) is 0 Å². The zero-order valence-electron chi connectivity index (χ0n) is 13.3. The lowest BCUT2D eigenvalue weighted by Crippen LogP contribution is -2.44. The molecular weight excluding hydrogens is 288 g/mol. The van der Waals surface area contributed by atoms with Crippen molar-refractivity contribution in [1.29, 1.82) is 0 Å². The molecule has 1 aliphatic carbocycles. The highest BCUT2D eigenvalue weighted by Gasteiger charge is 2.41. The Morgan fingerprint density at radius 1 is 1.17 bits per heavy atom. The maximum Gasteiger partial charge on any atom is 0.224 e. The number of hydrogen-bond acceptors (Lipinski definition) is 3. The van der Waals surface area contributed by atoms with Crippen molar-refractivity contribution in [2.24, 2.45) is 0 Å². The molecule has 0 N–H and O–H groups in total. The summed E-state index contributed by atoms with van der Waals surface area (Å²) in [5, 5.41) is 4.05. The molecule has 2 aliphatic rings. The van der Waals surface area contributed by atoms with Gasteiger partial charge in [0, 0.05) is 19.5 Å². The molecule has 0 atom stereocenters. The third kappa shape index (κ3) is 2.64. The molecule has 0 saturated carbocycles. The molecular formula is C18H22N4O. The molecule has 0 unspecified atom stereocenters. The first kappa shape index (κ1) is 14.4. The van der Waals surface area contributed by atoms with Crippen LogP contribution in [0, 0.1) is 0 Å². The number of aryl methyl sites for hydroxylation is 2. The first-order chi connectivity index (χ1) is 11.3. The Hall–Kier alpha value is -2.17. The summed E-state index contributed by atoms with van der Waals surface area (Å²) in [7, 11) is 0. The van der Waals surface area contributed by atoms with E-state index >= 15 is 0 Å². The van der Waals surface area contributed by atoms with Crippen LogP contribution in [0.1, 0.15) is 36.8 Å². The van der Waals surface area contributed by atoms with Crippen LogP contribution in [-0.4, -0.2) is 38.7 Å². The van der Waals surface area contributed by atoms with Crippen molar-refractivity contribution in [3.63, 3.8) is 0 Å². The number of hydrogen-bond donors (Lipinski definition) is 0. The predicted molar refractivity (Wildman–Crippen MR) is 86.9 cm³/mol. The van der Waals surface area contributed by atoms with Gasteiger partial charge in [-0.1, -0.05) is 24.3 Å². The van der Waals surface area contributed by atoms with Crippen LogP contribution < -0.4 is 0 Å². The maximum atomic E-state index is 12.4. The lowest BCUT2D eigenvalue weighted by Gasteiger charge is -2.40. The second-order valence-electron chi connectivity index (χ2n) is 6.73. The molecule has 1 amide bonds. The highest BCUT2D eigenvalue weighted by Crippen LogP contribution is 2.46. The fourth-order valence-corrected chi connectivity index (χ4v) is 4.18. The molecule has 1 aromatic carbocycles. The quantitative estimate of drug-likeness (QED) is 0.873. The van der Waals surface area contributed by atoms with E-state index in [0.29, 0.717) is 18.4 Å². The van der Waals surface area contributed by atoms with Gasteiger partial charge in [-0.3, -0.25) is 9.48 Å². The molecule has 5 heteroatoms. The van der Waals surface area contributed by atoms with E-state index in [9.17, 15) is 4.79 Å². The zero-order valence-corrected chi connectivity index (χ0v) is 13.3. The van der Waals surface area contributed by atoms with Crippen LogP contribution in [0.2, 0.25) is 0 Å². The fourth-order valence-electron chi connectivity index (χ4n) is 4.18. The molecule has 1 fully saturated rings. The number of carbonyl (C=O) groups is 1. The molecule has 23 heavy (non-hydrogen) atoms. The van der Waals surface area contributed by atoms with Gasteiger partial charge in [0.2, 0.25) is 5.91 Å². The molecule has 1 saturated heterocycles. The monoisotopic (exact) mass is 310 g/mol. The number of benzene rings is 1. The number of nitrogens with zero attached hydrogens (tertiary/aromatic N) is 4. The highest BCUT2D eigenvalue weighted by atomic mass is 16.2. The van der Waals surface area contributed by atoms with E-state index in [4.69, 9.17) is 0 Å². The van der Waals surface area contributed by atoms with Gasteiger partial charge < -0.3 is 4.90 Å². The molecule has 0 bridgehead atoms. The first-order valence-corrected chi connectivity index (χ1v) is 8.45. The summed E-state index contributed by atoms with van der Waals surface area (Å²) in [6.07, 6.45) is 8.30. The normalized spacial score (nSPS) is 19.0. The fraction of sp³-hybridized carbons (Fsp3) is 0.500. The molecule has 1 aromatic heterocycles. The van der Waals surface area contributed by atoms with E-state index in [0.717, 1.165) is 25.9 Å². The summed E-state index contributed by atoms with van der Waals surface area (Å²) in [5.74, 6) is 0.238. The molecule has 120 valence electrons. The van der Waals surface area contributed by atoms with Crippen LogP contribution in [0.5, 0.6) is 0 Å². The topological polar surface area (TPSA) is 51.0 Å². The van der Waals surface area contributed by atoms with Crippen molar-refractivity contribution in [2.45, 2.75) is 44.1 Å². The standard InChI is InChI=1S/C18H22N4O/c23-17(6-10-22-14-19-13-20-22)21-11-8-18(9-12-21)7-5-15-3-1-2-4-16(15)18/h1-4,13-14H,5-12H2. The van der Waals surface area contributed by atoms with Gasteiger partial charge in [-0.25, -0.2) is 4.98 Å². The maximum absolute atomic E-state index is 12.4. The van der Waals surface area contributed by atoms with Crippen LogP contribution in [0.15, 0.2) is 36.9 Å². The van der Waals surface area contributed by atoms with Gasteiger partial charge in [-0.15, -0.1) is 0 Å². The van der Waals surface area contributed by atoms with E-state index in [1.54, 1.807) is 11.0 Å². The lowest BCUT2D eigenvalue weighted by atomic mass is 9.74. The summed E-state index contributed by atoms with van der Waals surface area (Å²) in [4.78, 5) is 18.3. The van der Waals surface area contributed by atoms with E-state index in [1.807, 2.05) is 4.90 Å². The summed E-state index contributed by atoms with van der Waals surface area (Å²) in [6.45, 7) is 2.37. The van der Waals surface area contributed by atoms with Gasteiger partial charge in [0.1, 0.15) is 12.7 Å². The summed E-state index contributed by atoms with van der Waals surface area (Å²) < 4.78 is 1.72. The van der Waals surface area contributed by atoms with Gasteiger partial charge >= 0.3 is 0 Å². The van der Waals surface area contributed by atoms with Crippen LogP contribution in [-0.2, 0) is 23.2 Å². The molecule has 0 radical (unpaired) electrons. The Kier molecular flexibility index (Phi) is 3.63. The number of likely N-dealkylation sites (tertiary alicyclic amines) is 1. The van der Waals surface area contributed by atoms with Crippen molar-refractivity contribution < 1.29 is 4.79 Å². The average Bonchev–Trinajstić information content (AvgIpc) is 3.23.